The van der Waals surface area contributed by atoms with Gasteiger partial charge in [0.05, 0.1) is 16.4 Å². The van der Waals surface area contributed by atoms with Gasteiger partial charge in [0, 0.05) is 32.1 Å². The Labute approximate surface area is 146 Å². The Morgan fingerprint density at radius 2 is 1.92 bits per heavy atom. The first-order valence-electron chi connectivity index (χ1n) is 7.52. The number of nitrogens with zero attached hydrogens (tertiary/aromatic N) is 3. The molecule has 0 fully saturated rings. The summed E-state index contributed by atoms with van der Waals surface area (Å²) in [4.78, 5) is 16.5. The number of hydrogen-bond donors (Lipinski definition) is 0. The molecule has 25 heavy (non-hydrogen) atoms. The molecule has 9 heteroatoms. The van der Waals surface area contributed by atoms with Crippen LogP contribution in [0.25, 0.3) is 0 Å². The summed E-state index contributed by atoms with van der Waals surface area (Å²) in [7, 11) is -1.49. The van der Waals surface area contributed by atoms with Crippen LogP contribution in [0.15, 0.2) is 47.5 Å². The van der Waals surface area contributed by atoms with Gasteiger partial charge < -0.3 is 9.64 Å². The Morgan fingerprint density at radius 3 is 2.52 bits per heavy atom. The molecule has 134 valence electrons. The highest BCUT2D eigenvalue weighted by Gasteiger charge is 2.17. The smallest absolute Gasteiger partial charge is 0.311 e. The molecule has 8 nitrogen and oxygen atoms in total. The third kappa shape index (κ3) is 5.15. The van der Waals surface area contributed by atoms with E-state index in [0.29, 0.717) is 31.1 Å². The van der Waals surface area contributed by atoms with E-state index in [1.807, 2.05) is 0 Å². The highest BCUT2D eigenvalue weighted by atomic mass is 32.2. The molecule has 0 bridgehead atoms. The lowest BCUT2D eigenvalue weighted by Crippen LogP contribution is -2.22. The first kappa shape index (κ1) is 18.7. The van der Waals surface area contributed by atoms with Crippen LogP contribution in [0.3, 0.4) is 0 Å². The molecule has 0 N–H and O–H groups in total. The molecule has 0 amide bonds. The molecular weight excluding hydrogens is 346 g/mol. The molecule has 0 radical (unpaired) electrons. The van der Waals surface area contributed by atoms with Crippen molar-refractivity contribution in [3.8, 4) is 5.75 Å². The van der Waals surface area contributed by atoms with Crippen LogP contribution in [0.1, 0.15) is 6.42 Å². The van der Waals surface area contributed by atoms with E-state index in [0.717, 1.165) is 6.26 Å². The predicted molar refractivity (Wildman–Crippen MR) is 93.8 cm³/mol. The van der Waals surface area contributed by atoms with Crippen LogP contribution in [0, 0.1) is 10.1 Å². The predicted octanol–water partition coefficient (Wildman–Crippen LogP) is 2.30. The van der Waals surface area contributed by atoms with Gasteiger partial charge in [0.2, 0.25) is 5.82 Å². The van der Waals surface area contributed by atoms with Crippen LogP contribution in [0.2, 0.25) is 0 Å². The van der Waals surface area contributed by atoms with Crippen molar-refractivity contribution in [2.75, 3.05) is 31.4 Å². The second-order valence-corrected chi connectivity index (χ2v) is 7.49. The molecule has 1 aromatic heterocycles. The highest BCUT2D eigenvalue weighted by molar-refractivity contribution is 7.90. The largest absolute Gasteiger partial charge is 0.494 e. The number of rotatable bonds is 8. The molecular formula is C16H19N3O5S. The van der Waals surface area contributed by atoms with Crippen molar-refractivity contribution in [1.82, 2.24) is 4.98 Å². The van der Waals surface area contributed by atoms with Gasteiger partial charge in [-0.1, -0.05) is 0 Å². The van der Waals surface area contributed by atoms with Gasteiger partial charge in [0.25, 0.3) is 0 Å². The van der Waals surface area contributed by atoms with Crippen molar-refractivity contribution in [2.45, 2.75) is 11.3 Å². The summed E-state index contributed by atoms with van der Waals surface area (Å²) in [5.41, 5.74) is -0.0396. The van der Waals surface area contributed by atoms with Gasteiger partial charge in [-0.3, -0.25) is 10.1 Å². The quantitative estimate of drug-likeness (QED) is 0.402. The average molecular weight is 365 g/mol. The maximum absolute atomic E-state index is 11.4. The second-order valence-electron chi connectivity index (χ2n) is 5.47. The summed E-state index contributed by atoms with van der Waals surface area (Å²) in [6, 6.07) is 9.13. The molecule has 0 spiro atoms. The molecule has 2 rings (SSSR count). The summed E-state index contributed by atoms with van der Waals surface area (Å²) in [5.74, 6) is 0.879. The fourth-order valence-corrected chi connectivity index (χ4v) is 2.84. The van der Waals surface area contributed by atoms with Crippen molar-refractivity contribution in [3.05, 3.63) is 52.7 Å². The molecule has 0 saturated heterocycles. The van der Waals surface area contributed by atoms with Crippen LogP contribution in [-0.2, 0) is 9.84 Å². The molecule has 0 aliphatic heterocycles. The second kappa shape index (κ2) is 7.93. The van der Waals surface area contributed by atoms with E-state index >= 15 is 0 Å². The van der Waals surface area contributed by atoms with Gasteiger partial charge in [0.15, 0.2) is 9.84 Å². The fraction of sp³-hybridized carbons (Fsp3) is 0.312. The minimum absolute atomic E-state index is 0.0396. The standard InChI is InChI=1S/C16H19N3O5S/c1-18(16-15(19(20)21)5-3-10-17-16)11-4-12-24-13-6-8-14(9-7-13)25(2,22)23/h3,5-10H,4,11-12H2,1-2H3. The number of pyridine rings is 1. The van der Waals surface area contributed by atoms with E-state index in [1.165, 1.54) is 30.5 Å². The molecule has 1 heterocycles. The molecule has 0 aliphatic rings. The molecule has 0 unspecified atom stereocenters. The third-order valence-corrected chi connectivity index (χ3v) is 4.61. The first-order valence-corrected chi connectivity index (χ1v) is 9.41. The Morgan fingerprint density at radius 1 is 1.24 bits per heavy atom. The zero-order valence-electron chi connectivity index (χ0n) is 14.0. The SMILES string of the molecule is CN(CCCOc1ccc(S(C)(=O)=O)cc1)c1ncccc1[N+](=O)[O-]. The Bertz CT molecular complexity index is 837. The van der Waals surface area contributed by atoms with Gasteiger partial charge >= 0.3 is 5.69 Å². The van der Waals surface area contributed by atoms with Crippen molar-refractivity contribution in [1.29, 1.82) is 0 Å². The van der Waals surface area contributed by atoms with Crippen LogP contribution in [0.4, 0.5) is 11.5 Å². The van der Waals surface area contributed by atoms with E-state index in [4.69, 9.17) is 4.74 Å². The van der Waals surface area contributed by atoms with E-state index in [1.54, 1.807) is 24.1 Å². The number of benzene rings is 1. The molecule has 1 aromatic carbocycles. The van der Waals surface area contributed by atoms with Crippen molar-refractivity contribution in [2.24, 2.45) is 0 Å². The minimum Gasteiger partial charge on any atom is -0.494 e. The highest BCUT2D eigenvalue weighted by Crippen LogP contribution is 2.23. The van der Waals surface area contributed by atoms with Gasteiger partial charge in [-0.2, -0.15) is 0 Å². The van der Waals surface area contributed by atoms with Gasteiger partial charge in [0.1, 0.15) is 5.75 Å². The average Bonchev–Trinajstić information content (AvgIpc) is 2.58. The van der Waals surface area contributed by atoms with Gasteiger partial charge in [-0.25, -0.2) is 13.4 Å². The van der Waals surface area contributed by atoms with E-state index in [2.05, 4.69) is 4.98 Å². The summed E-state index contributed by atoms with van der Waals surface area (Å²) >= 11 is 0. The van der Waals surface area contributed by atoms with Crippen molar-refractivity contribution >= 4 is 21.3 Å². The van der Waals surface area contributed by atoms with Crippen LogP contribution >= 0.6 is 0 Å². The van der Waals surface area contributed by atoms with E-state index in [9.17, 15) is 18.5 Å². The van der Waals surface area contributed by atoms with Gasteiger partial charge in [-0.05, 0) is 36.8 Å². The summed E-state index contributed by atoms with van der Waals surface area (Å²) in [6.45, 7) is 0.919. The number of aromatic nitrogens is 1. The maximum atomic E-state index is 11.4. The van der Waals surface area contributed by atoms with E-state index in [-0.39, 0.29) is 10.6 Å². The number of nitro groups is 1. The van der Waals surface area contributed by atoms with Crippen LogP contribution in [0.5, 0.6) is 5.75 Å². The van der Waals surface area contributed by atoms with Crippen LogP contribution < -0.4 is 9.64 Å². The first-order chi connectivity index (χ1) is 11.8. The summed E-state index contributed by atoms with van der Waals surface area (Å²) in [5, 5.41) is 11.0. The van der Waals surface area contributed by atoms with Crippen molar-refractivity contribution in [3.63, 3.8) is 0 Å². The number of ether oxygens (including phenoxy) is 1. The third-order valence-electron chi connectivity index (χ3n) is 3.48. The normalized spacial score (nSPS) is 11.1. The number of anilines is 1. The lowest BCUT2D eigenvalue weighted by atomic mass is 10.3. The minimum atomic E-state index is -3.22. The summed E-state index contributed by atoms with van der Waals surface area (Å²) < 4.78 is 28.3. The number of hydrogen-bond acceptors (Lipinski definition) is 7. The molecule has 0 saturated carbocycles. The van der Waals surface area contributed by atoms with E-state index < -0.39 is 14.8 Å². The monoisotopic (exact) mass is 365 g/mol. The maximum Gasteiger partial charge on any atom is 0.311 e. The van der Waals surface area contributed by atoms with Crippen LogP contribution in [-0.4, -0.2) is 44.8 Å². The zero-order chi connectivity index (χ0) is 18.4. The number of sulfone groups is 1. The zero-order valence-corrected chi connectivity index (χ0v) is 14.8. The Kier molecular flexibility index (Phi) is 5.92. The molecule has 0 atom stereocenters. The van der Waals surface area contributed by atoms with Gasteiger partial charge in [-0.15, -0.1) is 0 Å². The van der Waals surface area contributed by atoms with Crippen molar-refractivity contribution < 1.29 is 18.1 Å². The lowest BCUT2D eigenvalue weighted by Gasteiger charge is -2.17. The molecule has 0 aliphatic carbocycles. The lowest BCUT2D eigenvalue weighted by molar-refractivity contribution is -0.384. The fourth-order valence-electron chi connectivity index (χ4n) is 2.21. The Balaban J connectivity index is 1.86. The Hall–Kier alpha value is -2.68. The topological polar surface area (TPSA) is 103 Å². The molecule has 2 aromatic rings. The summed E-state index contributed by atoms with van der Waals surface area (Å²) in [6.07, 6.45) is 3.28.